The molecule has 1 aromatic rings. The van der Waals surface area contributed by atoms with Crippen LogP contribution in [0.3, 0.4) is 0 Å². The highest BCUT2D eigenvalue weighted by Gasteiger charge is 2.17. The molecular formula is C12H17N3O2. The van der Waals surface area contributed by atoms with Gasteiger partial charge in [-0.05, 0) is 18.6 Å². The number of nitrogens with one attached hydrogen (secondary N) is 1. The average molecular weight is 235 g/mol. The Labute approximate surface area is 101 Å². The molecule has 1 N–H and O–H groups in total. The number of aromatic nitrogens is 1. The summed E-state index contributed by atoms with van der Waals surface area (Å²) in [5.74, 6) is 0.760. The Morgan fingerprint density at radius 2 is 2.35 bits per heavy atom. The highest BCUT2D eigenvalue weighted by molar-refractivity contribution is 5.94. The fourth-order valence-electron chi connectivity index (χ4n) is 1.83. The molecule has 1 aliphatic rings. The Kier molecular flexibility index (Phi) is 3.93. The second kappa shape index (κ2) is 5.63. The highest BCUT2D eigenvalue weighted by atomic mass is 16.5. The maximum atomic E-state index is 12.2. The molecule has 0 atom stereocenters. The van der Waals surface area contributed by atoms with E-state index in [1.165, 1.54) is 0 Å². The van der Waals surface area contributed by atoms with Gasteiger partial charge < -0.3 is 15.0 Å². The predicted molar refractivity (Wildman–Crippen MR) is 65.1 cm³/mol. The van der Waals surface area contributed by atoms with E-state index in [2.05, 4.69) is 10.3 Å². The van der Waals surface area contributed by atoms with Crippen molar-refractivity contribution in [1.82, 2.24) is 9.88 Å². The first kappa shape index (κ1) is 11.9. The standard InChI is InChI=1S/C12H17N3O2/c1-13-11-9-10(3-4-14-11)12(16)15-5-2-7-17-8-6-15/h3-4,9H,2,5-8H2,1H3,(H,13,14). The molecule has 0 saturated carbocycles. The van der Waals surface area contributed by atoms with E-state index < -0.39 is 0 Å². The lowest BCUT2D eigenvalue weighted by atomic mass is 10.2. The van der Waals surface area contributed by atoms with Crippen LogP contribution in [0.1, 0.15) is 16.8 Å². The zero-order chi connectivity index (χ0) is 12.1. The van der Waals surface area contributed by atoms with E-state index >= 15 is 0 Å². The number of carbonyl (C=O) groups excluding carboxylic acids is 1. The largest absolute Gasteiger partial charge is 0.380 e. The Morgan fingerprint density at radius 3 is 3.18 bits per heavy atom. The fourth-order valence-corrected chi connectivity index (χ4v) is 1.83. The number of carbonyl (C=O) groups is 1. The molecule has 0 spiro atoms. The lowest BCUT2D eigenvalue weighted by Gasteiger charge is -2.19. The van der Waals surface area contributed by atoms with Gasteiger partial charge in [0.25, 0.3) is 5.91 Å². The molecule has 1 aliphatic heterocycles. The number of rotatable bonds is 2. The van der Waals surface area contributed by atoms with E-state index in [0.717, 1.165) is 19.6 Å². The van der Waals surface area contributed by atoms with Crippen LogP contribution < -0.4 is 5.32 Å². The Bertz CT molecular complexity index is 387. The minimum Gasteiger partial charge on any atom is -0.380 e. The molecule has 1 amide bonds. The van der Waals surface area contributed by atoms with Gasteiger partial charge in [0.15, 0.2) is 0 Å². The molecule has 0 bridgehead atoms. The second-order valence-corrected chi connectivity index (χ2v) is 3.94. The number of pyridine rings is 1. The second-order valence-electron chi connectivity index (χ2n) is 3.94. The summed E-state index contributed by atoms with van der Waals surface area (Å²) < 4.78 is 5.34. The van der Waals surface area contributed by atoms with Gasteiger partial charge in [-0.15, -0.1) is 0 Å². The lowest BCUT2D eigenvalue weighted by Crippen LogP contribution is -2.33. The maximum absolute atomic E-state index is 12.2. The minimum absolute atomic E-state index is 0.0504. The molecule has 5 heteroatoms. The molecule has 92 valence electrons. The number of hydrogen-bond donors (Lipinski definition) is 1. The molecule has 2 rings (SSSR count). The molecule has 1 fully saturated rings. The predicted octanol–water partition coefficient (Wildman–Crippen LogP) is 0.986. The zero-order valence-corrected chi connectivity index (χ0v) is 9.98. The van der Waals surface area contributed by atoms with Crippen LogP contribution in [0.15, 0.2) is 18.3 Å². The molecule has 17 heavy (non-hydrogen) atoms. The summed E-state index contributed by atoms with van der Waals surface area (Å²) in [6, 6.07) is 3.52. The van der Waals surface area contributed by atoms with Crippen molar-refractivity contribution in [2.45, 2.75) is 6.42 Å². The van der Waals surface area contributed by atoms with Gasteiger partial charge in [0.1, 0.15) is 5.82 Å². The third-order valence-electron chi connectivity index (χ3n) is 2.77. The number of amides is 1. The number of ether oxygens (including phenoxy) is 1. The molecule has 2 heterocycles. The van der Waals surface area contributed by atoms with Crippen LogP contribution in [-0.2, 0) is 4.74 Å². The zero-order valence-electron chi connectivity index (χ0n) is 9.98. The average Bonchev–Trinajstić information content (AvgIpc) is 2.67. The smallest absolute Gasteiger partial charge is 0.254 e. The molecule has 0 aromatic carbocycles. The van der Waals surface area contributed by atoms with Gasteiger partial charge in [0, 0.05) is 38.5 Å². The van der Waals surface area contributed by atoms with Crippen LogP contribution in [0.4, 0.5) is 5.82 Å². The van der Waals surface area contributed by atoms with Crippen molar-refractivity contribution in [3.63, 3.8) is 0 Å². The summed E-state index contributed by atoms with van der Waals surface area (Å²) in [6.07, 6.45) is 2.54. The molecule has 0 aliphatic carbocycles. The van der Waals surface area contributed by atoms with Crippen molar-refractivity contribution in [3.8, 4) is 0 Å². The Balaban J connectivity index is 2.11. The molecule has 1 saturated heterocycles. The molecule has 5 nitrogen and oxygen atoms in total. The SMILES string of the molecule is CNc1cc(C(=O)N2CCCOCC2)ccn1. The van der Waals surface area contributed by atoms with Gasteiger partial charge in [-0.1, -0.05) is 0 Å². The van der Waals surface area contributed by atoms with Crippen LogP contribution in [0.25, 0.3) is 0 Å². The molecular weight excluding hydrogens is 218 g/mol. The number of hydrogen-bond acceptors (Lipinski definition) is 4. The first-order valence-electron chi connectivity index (χ1n) is 5.82. The van der Waals surface area contributed by atoms with E-state index in [1.54, 1.807) is 25.4 Å². The summed E-state index contributed by atoms with van der Waals surface area (Å²) in [6.45, 7) is 2.78. The summed E-state index contributed by atoms with van der Waals surface area (Å²) >= 11 is 0. The van der Waals surface area contributed by atoms with E-state index in [4.69, 9.17) is 4.74 Å². The normalized spacial score (nSPS) is 16.4. The molecule has 1 aromatic heterocycles. The van der Waals surface area contributed by atoms with Gasteiger partial charge in [0.2, 0.25) is 0 Å². The van der Waals surface area contributed by atoms with Crippen LogP contribution >= 0.6 is 0 Å². The molecule has 0 radical (unpaired) electrons. The highest BCUT2D eigenvalue weighted by Crippen LogP contribution is 2.10. The monoisotopic (exact) mass is 235 g/mol. The summed E-state index contributed by atoms with van der Waals surface area (Å²) in [5.41, 5.74) is 0.672. The van der Waals surface area contributed by atoms with Crippen LogP contribution in [0.5, 0.6) is 0 Å². The maximum Gasteiger partial charge on any atom is 0.254 e. The van der Waals surface area contributed by atoms with Gasteiger partial charge in [0.05, 0.1) is 6.61 Å². The van der Waals surface area contributed by atoms with E-state index in [-0.39, 0.29) is 5.91 Å². The quantitative estimate of drug-likeness (QED) is 0.830. The summed E-state index contributed by atoms with van der Waals surface area (Å²) in [5, 5.41) is 2.93. The van der Waals surface area contributed by atoms with Crippen molar-refractivity contribution < 1.29 is 9.53 Å². The topological polar surface area (TPSA) is 54.5 Å². The van der Waals surface area contributed by atoms with Crippen molar-refractivity contribution in [3.05, 3.63) is 23.9 Å². The third kappa shape index (κ3) is 2.94. The van der Waals surface area contributed by atoms with Crippen LogP contribution in [0, 0.1) is 0 Å². The number of nitrogens with zero attached hydrogens (tertiary/aromatic N) is 2. The van der Waals surface area contributed by atoms with E-state index in [0.29, 0.717) is 24.5 Å². The number of anilines is 1. The lowest BCUT2D eigenvalue weighted by molar-refractivity contribution is 0.0741. The van der Waals surface area contributed by atoms with Crippen LogP contribution in [-0.4, -0.2) is 49.1 Å². The summed E-state index contributed by atoms with van der Waals surface area (Å²) in [7, 11) is 1.79. The third-order valence-corrected chi connectivity index (χ3v) is 2.77. The Morgan fingerprint density at radius 1 is 1.47 bits per heavy atom. The van der Waals surface area contributed by atoms with Crippen molar-refractivity contribution in [2.24, 2.45) is 0 Å². The van der Waals surface area contributed by atoms with Gasteiger partial charge >= 0.3 is 0 Å². The van der Waals surface area contributed by atoms with Crippen molar-refractivity contribution in [2.75, 3.05) is 38.7 Å². The Hall–Kier alpha value is -1.62. The minimum atomic E-state index is 0.0504. The van der Waals surface area contributed by atoms with Gasteiger partial charge in [-0.3, -0.25) is 4.79 Å². The van der Waals surface area contributed by atoms with Gasteiger partial charge in [-0.2, -0.15) is 0 Å². The molecule has 0 unspecified atom stereocenters. The van der Waals surface area contributed by atoms with Crippen molar-refractivity contribution in [1.29, 1.82) is 0 Å². The fraction of sp³-hybridized carbons (Fsp3) is 0.500. The first-order chi connectivity index (χ1) is 8.31. The first-order valence-corrected chi connectivity index (χ1v) is 5.82. The van der Waals surface area contributed by atoms with Crippen molar-refractivity contribution >= 4 is 11.7 Å². The summed E-state index contributed by atoms with van der Waals surface area (Å²) in [4.78, 5) is 18.2. The van der Waals surface area contributed by atoms with Gasteiger partial charge in [-0.25, -0.2) is 4.98 Å². The van der Waals surface area contributed by atoms with E-state index in [1.807, 2.05) is 4.90 Å². The van der Waals surface area contributed by atoms with E-state index in [9.17, 15) is 4.79 Å². The van der Waals surface area contributed by atoms with Crippen LogP contribution in [0.2, 0.25) is 0 Å².